The molecule has 0 radical (unpaired) electrons. The minimum atomic E-state index is -0.991. The highest BCUT2D eigenvalue weighted by molar-refractivity contribution is 5.82. The first-order valence-corrected chi connectivity index (χ1v) is 11.3. The zero-order valence-corrected chi connectivity index (χ0v) is 19.2. The lowest BCUT2D eigenvalue weighted by atomic mass is 9.69. The van der Waals surface area contributed by atoms with Crippen molar-refractivity contribution in [1.29, 1.82) is 0 Å². The number of nitrogens with zero attached hydrogens (tertiary/aromatic N) is 3. The van der Waals surface area contributed by atoms with Crippen LogP contribution in [0.5, 0.6) is 0 Å². The third-order valence-electron chi connectivity index (χ3n) is 6.79. The average Bonchev–Trinajstić information content (AvgIpc) is 3.19. The molecule has 1 atom stereocenters. The van der Waals surface area contributed by atoms with Crippen molar-refractivity contribution in [2.75, 3.05) is 6.54 Å². The summed E-state index contributed by atoms with van der Waals surface area (Å²) in [6.45, 7) is 12.0. The number of benzene rings is 2. The lowest BCUT2D eigenvalue weighted by Gasteiger charge is -2.33. The molecule has 0 saturated heterocycles. The molecule has 2 aromatic carbocycles. The molecule has 1 aromatic heterocycles. The third kappa shape index (κ3) is 3.95. The number of nitrogens with one attached hydrogen (secondary N) is 1. The first-order chi connectivity index (χ1) is 15.3. The van der Waals surface area contributed by atoms with Crippen LogP contribution in [0.25, 0.3) is 11.0 Å². The fourth-order valence-corrected chi connectivity index (χ4v) is 4.83. The van der Waals surface area contributed by atoms with Gasteiger partial charge >= 0.3 is 5.97 Å². The Hall–Kier alpha value is -2.99. The van der Waals surface area contributed by atoms with Crippen molar-refractivity contribution in [1.82, 2.24) is 20.3 Å². The van der Waals surface area contributed by atoms with Gasteiger partial charge in [0, 0.05) is 19.0 Å². The van der Waals surface area contributed by atoms with Crippen LogP contribution in [0.3, 0.4) is 0 Å². The summed E-state index contributed by atoms with van der Waals surface area (Å²) in [7, 11) is 0. The summed E-state index contributed by atoms with van der Waals surface area (Å²) in [4.78, 5) is 12.4. The second-order valence-electron chi connectivity index (χ2n) is 9.31. The van der Waals surface area contributed by atoms with Crippen LogP contribution in [0.4, 0.5) is 0 Å². The van der Waals surface area contributed by atoms with Crippen molar-refractivity contribution < 1.29 is 9.90 Å². The van der Waals surface area contributed by atoms with Crippen molar-refractivity contribution in [2.45, 2.75) is 59.0 Å². The maximum Gasteiger partial charge on any atom is 0.310 e. The maximum absolute atomic E-state index is 12.4. The number of aliphatic carboxylic acids is 1. The Bertz CT molecular complexity index is 1160. The highest BCUT2D eigenvalue weighted by Crippen LogP contribution is 2.44. The van der Waals surface area contributed by atoms with Crippen LogP contribution < -0.4 is 5.32 Å². The fraction of sp³-hybridized carbons (Fsp3) is 0.423. The minimum Gasteiger partial charge on any atom is -0.481 e. The smallest absolute Gasteiger partial charge is 0.310 e. The predicted molar refractivity (Wildman–Crippen MR) is 127 cm³/mol. The Labute approximate surface area is 189 Å². The number of fused-ring (bicyclic) bond motifs is 2. The van der Waals surface area contributed by atoms with E-state index in [0.717, 1.165) is 66.6 Å². The highest BCUT2D eigenvalue weighted by atomic mass is 16.4. The Morgan fingerprint density at radius 3 is 2.88 bits per heavy atom. The van der Waals surface area contributed by atoms with Crippen LogP contribution in [-0.4, -0.2) is 32.6 Å². The third-order valence-corrected chi connectivity index (χ3v) is 6.79. The maximum atomic E-state index is 12.4. The van der Waals surface area contributed by atoms with Crippen LogP contribution in [-0.2, 0) is 24.3 Å². The molecule has 1 aliphatic heterocycles. The molecule has 2 N–H and O–H groups in total. The number of carboxylic acid groups (broad SMARTS) is 1. The summed E-state index contributed by atoms with van der Waals surface area (Å²) >= 11 is 0. The molecule has 0 fully saturated rings. The Morgan fingerprint density at radius 1 is 1.31 bits per heavy atom. The number of hydrogen-bond donors (Lipinski definition) is 2. The van der Waals surface area contributed by atoms with Gasteiger partial charge < -0.3 is 10.4 Å². The van der Waals surface area contributed by atoms with Gasteiger partial charge in [0.2, 0.25) is 0 Å². The van der Waals surface area contributed by atoms with Gasteiger partial charge in [0.1, 0.15) is 5.52 Å². The van der Waals surface area contributed by atoms with Crippen molar-refractivity contribution >= 4 is 17.0 Å². The van der Waals surface area contributed by atoms with E-state index in [1.54, 1.807) is 0 Å². The summed E-state index contributed by atoms with van der Waals surface area (Å²) in [6, 6.07) is 10.6. The average molecular weight is 433 g/mol. The van der Waals surface area contributed by atoms with Gasteiger partial charge in [-0.15, -0.1) is 11.7 Å². The Kier molecular flexibility index (Phi) is 6.15. The van der Waals surface area contributed by atoms with E-state index in [0.29, 0.717) is 0 Å². The molecule has 0 bridgehead atoms. The number of aryl methyl sites for hydroxylation is 2. The van der Waals surface area contributed by atoms with Crippen LogP contribution in [0.2, 0.25) is 0 Å². The molecule has 168 valence electrons. The van der Waals surface area contributed by atoms with Crippen molar-refractivity contribution in [3.8, 4) is 0 Å². The molecule has 2 heterocycles. The van der Waals surface area contributed by atoms with Crippen molar-refractivity contribution in [3.63, 3.8) is 0 Å². The normalized spacial score (nSPS) is 14.8. The first kappa shape index (κ1) is 22.2. The number of allylic oxidation sites excluding steroid dienone is 1. The number of rotatable bonds is 8. The predicted octanol–water partition coefficient (Wildman–Crippen LogP) is 4.59. The lowest BCUT2D eigenvalue weighted by molar-refractivity contribution is -0.147. The summed E-state index contributed by atoms with van der Waals surface area (Å²) in [5.41, 5.74) is 6.44. The van der Waals surface area contributed by atoms with Crippen LogP contribution in [0.15, 0.2) is 43.0 Å². The monoisotopic (exact) mass is 432 g/mol. The summed E-state index contributed by atoms with van der Waals surface area (Å²) in [6.07, 6.45) is 4.80. The summed E-state index contributed by atoms with van der Waals surface area (Å²) in [5, 5.41) is 22.4. The zero-order valence-electron chi connectivity index (χ0n) is 19.2. The van der Waals surface area contributed by atoms with E-state index < -0.39 is 11.4 Å². The number of aromatic nitrogens is 3. The molecule has 1 unspecified atom stereocenters. The molecule has 0 saturated carbocycles. The standard InChI is InChI=1S/C26H32N4O2/c1-5-6-7-14-30-22-11-10-21(17(2)24(22)28-29-30)23(26(3,4)25(31)32)19-9-8-18-12-13-27-16-20(18)15-19/h5,8-11,15,23,27H,1,6-7,12-14,16H2,2-4H3,(H,31,32). The molecule has 3 aromatic rings. The molecule has 1 aliphatic rings. The highest BCUT2D eigenvalue weighted by Gasteiger charge is 2.40. The van der Waals surface area contributed by atoms with Gasteiger partial charge in [-0.1, -0.05) is 35.6 Å². The Morgan fingerprint density at radius 2 is 2.12 bits per heavy atom. The largest absolute Gasteiger partial charge is 0.481 e. The molecule has 0 aliphatic carbocycles. The van der Waals surface area contributed by atoms with Crippen molar-refractivity contribution in [2.24, 2.45) is 5.41 Å². The molecular formula is C26H32N4O2. The van der Waals surface area contributed by atoms with Crippen LogP contribution >= 0.6 is 0 Å². The van der Waals surface area contributed by atoms with E-state index in [-0.39, 0.29) is 5.92 Å². The van der Waals surface area contributed by atoms with Gasteiger partial charge in [0.15, 0.2) is 0 Å². The molecule has 32 heavy (non-hydrogen) atoms. The fourth-order valence-electron chi connectivity index (χ4n) is 4.83. The van der Waals surface area contributed by atoms with E-state index in [9.17, 15) is 9.90 Å². The van der Waals surface area contributed by atoms with E-state index in [4.69, 9.17) is 0 Å². The van der Waals surface area contributed by atoms with Gasteiger partial charge in [0.25, 0.3) is 0 Å². The van der Waals surface area contributed by atoms with Gasteiger partial charge in [-0.3, -0.25) is 4.79 Å². The summed E-state index contributed by atoms with van der Waals surface area (Å²) in [5.74, 6) is -1.12. The number of hydrogen-bond acceptors (Lipinski definition) is 4. The van der Waals surface area contributed by atoms with Crippen LogP contribution in [0.1, 0.15) is 60.4 Å². The molecule has 6 heteroatoms. The molecule has 4 rings (SSSR count). The molecule has 0 spiro atoms. The van der Waals surface area contributed by atoms with Gasteiger partial charge in [-0.2, -0.15) is 0 Å². The van der Waals surface area contributed by atoms with Gasteiger partial charge in [-0.25, -0.2) is 4.68 Å². The number of carbonyl (C=O) groups is 1. The van der Waals surface area contributed by atoms with E-state index >= 15 is 0 Å². The van der Waals surface area contributed by atoms with E-state index in [1.165, 1.54) is 11.1 Å². The first-order valence-electron chi connectivity index (χ1n) is 11.3. The number of carboxylic acids is 1. The molecular weight excluding hydrogens is 400 g/mol. The van der Waals surface area contributed by atoms with Crippen LogP contribution in [0, 0.1) is 12.3 Å². The molecule has 0 amide bonds. The second-order valence-corrected chi connectivity index (χ2v) is 9.31. The van der Waals surface area contributed by atoms with Gasteiger partial charge in [-0.05, 0) is 80.5 Å². The Balaban J connectivity index is 1.82. The number of unbranched alkanes of at least 4 members (excludes halogenated alkanes) is 1. The minimum absolute atomic E-state index is 0.303. The van der Waals surface area contributed by atoms with Gasteiger partial charge in [0.05, 0.1) is 10.9 Å². The second kappa shape index (κ2) is 8.87. The van der Waals surface area contributed by atoms with E-state index in [1.807, 2.05) is 37.6 Å². The van der Waals surface area contributed by atoms with E-state index in [2.05, 4.69) is 46.5 Å². The topological polar surface area (TPSA) is 80.0 Å². The molecule has 6 nitrogen and oxygen atoms in total. The SMILES string of the molecule is C=CCCCn1nnc2c(C)c(C(c3ccc4c(c3)CNCC4)C(C)(C)C(=O)O)ccc21. The summed E-state index contributed by atoms with van der Waals surface area (Å²) < 4.78 is 1.93. The quantitative estimate of drug-likeness (QED) is 0.402. The van der Waals surface area contributed by atoms with Crippen molar-refractivity contribution in [3.05, 3.63) is 70.8 Å². The lowest BCUT2D eigenvalue weighted by Crippen LogP contribution is -2.33. The zero-order chi connectivity index (χ0) is 22.9.